The van der Waals surface area contributed by atoms with Crippen LogP contribution in [0.2, 0.25) is 0 Å². The van der Waals surface area contributed by atoms with Gasteiger partial charge in [0.05, 0.1) is 5.92 Å². The van der Waals surface area contributed by atoms with Gasteiger partial charge in [0.2, 0.25) is 5.91 Å². The van der Waals surface area contributed by atoms with Crippen LogP contribution in [0.5, 0.6) is 0 Å². The van der Waals surface area contributed by atoms with Gasteiger partial charge in [0, 0.05) is 18.8 Å². The number of anilines is 1. The maximum Gasteiger partial charge on any atom is 0.233 e. The molecule has 0 aromatic heterocycles. The Labute approximate surface area is 125 Å². The van der Waals surface area contributed by atoms with E-state index in [9.17, 15) is 4.79 Å². The van der Waals surface area contributed by atoms with E-state index < -0.39 is 0 Å². The second-order valence-electron chi connectivity index (χ2n) is 5.64. The van der Waals surface area contributed by atoms with Crippen LogP contribution in [0.4, 0.5) is 5.69 Å². The van der Waals surface area contributed by atoms with E-state index in [1.165, 1.54) is 16.7 Å². The lowest BCUT2D eigenvalue weighted by atomic mass is 9.86. The second kappa shape index (κ2) is 5.70. The number of para-hydroxylation sites is 1. The van der Waals surface area contributed by atoms with Crippen LogP contribution in [0.15, 0.2) is 42.5 Å². The summed E-state index contributed by atoms with van der Waals surface area (Å²) < 4.78 is 0. The smallest absolute Gasteiger partial charge is 0.233 e. The van der Waals surface area contributed by atoms with Gasteiger partial charge in [-0.05, 0) is 42.2 Å². The molecule has 0 radical (unpaired) electrons. The summed E-state index contributed by atoms with van der Waals surface area (Å²) in [5, 5.41) is 6.41. The number of amides is 1. The van der Waals surface area contributed by atoms with Gasteiger partial charge in [0.15, 0.2) is 0 Å². The van der Waals surface area contributed by atoms with Crippen molar-refractivity contribution in [2.75, 3.05) is 11.9 Å². The van der Waals surface area contributed by atoms with Crippen molar-refractivity contribution in [3.05, 3.63) is 64.7 Å². The topological polar surface area (TPSA) is 41.1 Å². The normalized spacial score (nSPS) is 17.1. The molecular formula is C18H20N2O. The number of carbonyl (C=O) groups is 1. The quantitative estimate of drug-likeness (QED) is 0.887. The van der Waals surface area contributed by atoms with Gasteiger partial charge in [-0.2, -0.15) is 0 Å². The van der Waals surface area contributed by atoms with E-state index in [-0.39, 0.29) is 11.8 Å². The van der Waals surface area contributed by atoms with E-state index in [2.05, 4.69) is 35.8 Å². The number of hydrogen-bond acceptors (Lipinski definition) is 2. The first kappa shape index (κ1) is 13.8. The van der Waals surface area contributed by atoms with Crippen LogP contribution < -0.4 is 10.6 Å². The Morgan fingerprint density at radius 2 is 1.86 bits per heavy atom. The summed E-state index contributed by atoms with van der Waals surface area (Å²) >= 11 is 0. The molecule has 1 amide bonds. The van der Waals surface area contributed by atoms with Gasteiger partial charge in [-0.3, -0.25) is 4.79 Å². The van der Waals surface area contributed by atoms with Crippen molar-refractivity contribution in [3.63, 3.8) is 0 Å². The van der Waals surface area contributed by atoms with Gasteiger partial charge in [0.25, 0.3) is 0 Å². The Balaban J connectivity index is 1.89. The summed E-state index contributed by atoms with van der Waals surface area (Å²) in [5.74, 6) is -0.0680. The first-order chi connectivity index (χ1) is 10.2. The molecule has 0 spiro atoms. The zero-order chi connectivity index (χ0) is 14.8. The Hall–Kier alpha value is -2.13. The van der Waals surface area contributed by atoms with E-state index >= 15 is 0 Å². The van der Waals surface area contributed by atoms with Crippen LogP contribution in [-0.4, -0.2) is 12.5 Å². The lowest BCUT2D eigenvalue weighted by molar-refractivity contribution is -0.117. The molecule has 0 bridgehead atoms. The molecule has 1 atom stereocenters. The van der Waals surface area contributed by atoms with E-state index in [4.69, 9.17) is 0 Å². The van der Waals surface area contributed by atoms with Crippen molar-refractivity contribution in [2.24, 2.45) is 0 Å². The van der Waals surface area contributed by atoms with Gasteiger partial charge in [-0.25, -0.2) is 0 Å². The highest BCUT2D eigenvalue weighted by molar-refractivity contribution is 5.97. The third kappa shape index (κ3) is 2.69. The minimum absolute atomic E-state index is 0.0621. The fourth-order valence-corrected chi connectivity index (χ4v) is 3.00. The average molecular weight is 280 g/mol. The summed E-state index contributed by atoms with van der Waals surface area (Å²) in [5.41, 5.74) is 5.58. The highest BCUT2D eigenvalue weighted by Crippen LogP contribution is 2.28. The Kier molecular flexibility index (Phi) is 3.76. The monoisotopic (exact) mass is 280 g/mol. The van der Waals surface area contributed by atoms with E-state index in [0.29, 0.717) is 6.54 Å². The van der Waals surface area contributed by atoms with E-state index in [1.54, 1.807) is 0 Å². The highest BCUT2D eigenvalue weighted by Gasteiger charge is 2.27. The lowest BCUT2D eigenvalue weighted by Crippen LogP contribution is -2.36. The van der Waals surface area contributed by atoms with Gasteiger partial charge in [-0.1, -0.05) is 36.4 Å². The molecule has 0 fully saturated rings. The van der Waals surface area contributed by atoms with Crippen LogP contribution in [-0.2, 0) is 11.3 Å². The number of carbonyl (C=O) groups excluding carboxylic acids is 1. The van der Waals surface area contributed by atoms with Crippen LogP contribution in [0.25, 0.3) is 0 Å². The van der Waals surface area contributed by atoms with Crippen molar-refractivity contribution in [1.29, 1.82) is 0 Å². The number of rotatable bonds is 2. The molecule has 1 heterocycles. The zero-order valence-corrected chi connectivity index (χ0v) is 12.4. The fourth-order valence-electron chi connectivity index (χ4n) is 3.00. The molecule has 3 rings (SSSR count). The maximum atomic E-state index is 12.7. The maximum absolute atomic E-state index is 12.7. The van der Waals surface area contributed by atoms with Crippen LogP contribution >= 0.6 is 0 Å². The lowest BCUT2D eigenvalue weighted by Gasteiger charge is -2.27. The highest BCUT2D eigenvalue weighted by atomic mass is 16.1. The van der Waals surface area contributed by atoms with Crippen LogP contribution in [0.1, 0.15) is 28.2 Å². The molecule has 108 valence electrons. The van der Waals surface area contributed by atoms with E-state index in [1.807, 2.05) is 31.2 Å². The standard InChI is InChI=1S/C18H20N2O/c1-12-6-3-4-9-16(12)20-18(21)15-11-19-10-14-8-5-7-13(2)17(14)15/h3-9,15,19H,10-11H2,1-2H3,(H,20,21). The van der Waals surface area contributed by atoms with Crippen LogP contribution in [0, 0.1) is 13.8 Å². The summed E-state index contributed by atoms with van der Waals surface area (Å²) in [4.78, 5) is 12.7. The third-order valence-electron chi connectivity index (χ3n) is 4.15. The van der Waals surface area contributed by atoms with Crippen molar-refractivity contribution in [2.45, 2.75) is 26.3 Å². The fraction of sp³-hybridized carbons (Fsp3) is 0.278. The van der Waals surface area contributed by atoms with Gasteiger partial charge in [0.1, 0.15) is 0 Å². The molecule has 1 aliphatic rings. The zero-order valence-electron chi connectivity index (χ0n) is 12.4. The largest absolute Gasteiger partial charge is 0.325 e. The molecule has 21 heavy (non-hydrogen) atoms. The van der Waals surface area contributed by atoms with Crippen molar-refractivity contribution in [1.82, 2.24) is 5.32 Å². The first-order valence-corrected chi connectivity index (χ1v) is 7.32. The molecule has 2 aromatic rings. The average Bonchev–Trinajstić information content (AvgIpc) is 2.49. The molecule has 0 aliphatic carbocycles. The molecule has 2 N–H and O–H groups in total. The van der Waals surface area contributed by atoms with Crippen molar-refractivity contribution < 1.29 is 4.79 Å². The molecule has 1 unspecified atom stereocenters. The Bertz CT molecular complexity index is 679. The van der Waals surface area contributed by atoms with Crippen LogP contribution in [0.3, 0.4) is 0 Å². The third-order valence-corrected chi connectivity index (χ3v) is 4.15. The number of benzene rings is 2. The first-order valence-electron chi connectivity index (χ1n) is 7.32. The number of hydrogen-bond donors (Lipinski definition) is 2. The molecule has 3 heteroatoms. The summed E-state index contributed by atoms with van der Waals surface area (Å²) in [7, 11) is 0. The number of fused-ring (bicyclic) bond motifs is 1. The summed E-state index contributed by atoms with van der Waals surface area (Å²) in [6.07, 6.45) is 0. The SMILES string of the molecule is Cc1ccccc1NC(=O)C1CNCc2cccc(C)c21. The van der Waals surface area contributed by atoms with E-state index in [0.717, 1.165) is 17.8 Å². The molecule has 3 nitrogen and oxygen atoms in total. The van der Waals surface area contributed by atoms with Crippen molar-refractivity contribution >= 4 is 11.6 Å². The van der Waals surface area contributed by atoms with Gasteiger partial charge < -0.3 is 10.6 Å². The second-order valence-corrected chi connectivity index (χ2v) is 5.64. The molecule has 1 aliphatic heterocycles. The molecule has 0 saturated carbocycles. The summed E-state index contributed by atoms with van der Waals surface area (Å²) in [6.45, 7) is 5.62. The van der Waals surface area contributed by atoms with Gasteiger partial charge >= 0.3 is 0 Å². The Morgan fingerprint density at radius 3 is 2.67 bits per heavy atom. The summed E-state index contributed by atoms with van der Waals surface area (Å²) in [6, 6.07) is 14.1. The van der Waals surface area contributed by atoms with Gasteiger partial charge in [-0.15, -0.1) is 0 Å². The minimum atomic E-state index is -0.130. The molecule has 2 aromatic carbocycles. The number of nitrogens with one attached hydrogen (secondary N) is 2. The number of aryl methyl sites for hydroxylation is 2. The predicted molar refractivity (Wildman–Crippen MR) is 85.4 cm³/mol. The molecular weight excluding hydrogens is 260 g/mol. The Morgan fingerprint density at radius 1 is 1.10 bits per heavy atom. The minimum Gasteiger partial charge on any atom is -0.325 e. The molecule has 0 saturated heterocycles. The van der Waals surface area contributed by atoms with Crippen molar-refractivity contribution in [3.8, 4) is 0 Å². The predicted octanol–water partition coefficient (Wildman–Crippen LogP) is 3.13.